The second-order valence-corrected chi connectivity index (χ2v) is 5.00. The summed E-state index contributed by atoms with van der Waals surface area (Å²) in [4.78, 5) is 0. The van der Waals surface area contributed by atoms with E-state index in [1.807, 2.05) is 0 Å². The molecule has 0 aliphatic carbocycles. The summed E-state index contributed by atoms with van der Waals surface area (Å²) in [5.41, 5.74) is 0. The first kappa shape index (κ1) is 11.2. The quantitative estimate of drug-likeness (QED) is 0.624. The molecule has 1 heterocycles. The van der Waals surface area contributed by atoms with Gasteiger partial charge in [0.05, 0.1) is 6.26 Å². The number of halogens is 1. The number of nitrogens with zero attached hydrogens (tertiary/aromatic N) is 1. The zero-order chi connectivity index (χ0) is 7.78. The maximum atomic E-state index is 10.9. The van der Waals surface area contributed by atoms with Crippen LogP contribution in [-0.2, 0) is 10.0 Å². The molecule has 0 unspecified atom stereocenters. The summed E-state index contributed by atoms with van der Waals surface area (Å²) in [5.74, 6) is 0.537. The van der Waals surface area contributed by atoms with Gasteiger partial charge in [0.15, 0.2) is 0 Å². The van der Waals surface area contributed by atoms with Crippen molar-refractivity contribution in [2.24, 2.45) is 5.92 Å². The molecule has 0 amide bonds. The van der Waals surface area contributed by atoms with E-state index in [0.29, 0.717) is 19.0 Å². The molecule has 0 bridgehead atoms. The standard InChI is InChI=1S/C6H13NO2S.ClH/c1-6-3-4-7(5-6)10(2,8)9;/h6H,3-5H2,1-2H3;1H/t6-;/m1./s1. The summed E-state index contributed by atoms with van der Waals surface area (Å²) in [5, 5.41) is 0. The van der Waals surface area contributed by atoms with Crippen LogP contribution in [0.3, 0.4) is 0 Å². The van der Waals surface area contributed by atoms with Crippen LogP contribution in [0.1, 0.15) is 13.3 Å². The van der Waals surface area contributed by atoms with Gasteiger partial charge in [-0.25, -0.2) is 12.7 Å². The number of hydrogen-bond acceptors (Lipinski definition) is 2. The Labute approximate surface area is 74.2 Å². The molecule has 0 spiro atoms. The largest absolute Gasteiger partial charge is 0.213 e. The van der Waals surface area contributed by atoms with Crippen molar-refractivity contribution in [1.29, 1.82) is 0 Å². The number of hydrogen-bond donors (Lipinski definition) is 0. The van der Waals surface area contributed by atoms with Crippen LogP contribution < -0.4 is 0 Å². The van der Waals surface area contributed by atoms with Gasteiger partial charge < -0.3 is 0 Å². The zero-order valence-corrected chi connectivity index (χ0v) is 8.41. The van der Waals surface area contributed by atoms with Gasteiger partial charge in [-0.3, -0.25) is 0 Å². The van der Waals surface area contributed by atoms with Crippen LogP contribution >= 0.6 is 12.4 Å². The highest BCUT2D eigenvalue weighted by Gasteiger charge is 2.25. The van der Waals surface area contributed by atoms with Crippen LogP contribution in [-0.4, -0.2) is 32.1 Å². The van der Waals surface area contributed by atoms with Crippen molar-refractivity contribution in [3.05, 3.63) is 0 Å². The van der Waals surface area contributed by atoms with Gasteiger partial charge in [-0.2, -0.15) is 0 Å². The fourth-order valence-electron chi connectivity index (χ4n) is 1.20. The fourth-order valence-corrected chi connectivity index (χ4v) is 2.16. The van der Waals surface area contributed by atoms with Crippen molar-refractivity contribution in [1.82, 2.24) is 4.31 Å². The maximum absolute atomic E-state index is 10.9. The highest BCUT2D eigenvalue weighted by atomic mass is 35.5. The molecule has 1 aliphatic rings. The molecule has 1 rings (SSSR count). The summed E-state index contributed by atoms with van der Waals surface area (Å²) >= 11 is 0. The Morgan fingerprint density at radius 3 is 2.18 bits per heavy atom. The molecule has 0 aromatic carbocycles. The number of sulfonamides is 1. The first-order chi connectivity index (χ1) is 4.50. The molecular weight excluding hydrogens is 186 g/mol. The monoisotopic (exact) mass is 199 g/mol. The highest BCUT2D eigenvalue weighted by molar-refractivity contribution is 7.88. The molecule has 3 nitrogen and oxygen atoms in total. The molecule has 5 heteroatoms. The predicted octanol–water partition coefficient (Wildman–Crippen LogP) is 0.710. The summed E-state index contributed by atoms with van der Waals surface area (Å²) in [7, 11) is -2.90. The normalized spacial score (nSPS) is 26.5. The molecule has 0 aromatic heterocycles. The molecule has 11 heavy (non-hydrogen) atoms. The zero-order valence-electron chi connectivity index (χ0n) is 6.78. The first-order valence-electron chi connectivity index (χ1n) is 3.45. The van der Waals surface area contributed by atoms with Gasteiger partial charge in [0.1, 0.15) is 0 Å². The van der Waals surface area contributed by atoms with Gasteiger partial charge in [-0.05, 0) is 12.3 Å². The molecule has 68 valence electrons. The van der Waals surface area contributed by atoms with E-state index in [2.05, 4.69) is 6.92 Å². The van der Waals surface area contributed by atoms with Crippen molar-refractivity contribution < 1.29 is 8.42 Å². The average molecular weight is 200 g/mol. The molecule has 0 N–H and O–H groups in total. The molecule has 0 aromatic rings. The van der Waals surface area contributed by atoms with E-state index in [9.17, 15) is 8.42 Å². The summed E-state index contributed by atoms with van der Waals surface area (Å²) in [6.07, 6.45) is 2.28. The second kappa shape index (κ2) is 3.74. The van der Waals surface area contributed by atoms with E-state index >= 15 is 0 Å². The van der Waals surface area contributed by atoms with Crippen molar-refractivity contribution in [3.8, 4) is 0 Å². The van der Waals surface area contributed by atoms with Crippen LogP contribution in [0.15, 0.2) is 0 Å². The Hall–Kier alpha value is 0.200. The maximum Gasteiger partial charge on any atom is 0.211 e. The minimum absolute atomic E-state index is 0. The van der Waals surface area contributed by atoms with Crippen LogP contribution in [0.5, 0.6) is 0 Å². The Bertz CT molecular complexity index is 215. The lowest BCUT2D eigenvalue weighted by Crippen LogP contribution is -2.27. The minimum Gasteiger partial charge on any atom is -0.213 e. The number of rotatable bonds is 1. The highest BCUT2D eigenvalue weighted by Crippen LogP contribution is 2.17. The smallest absolute Gasteiger partial charge is 0.211 e. The van der Waals surface area contributed by atoms with Gasteiger partial charge in [-0.1, -0.05) is 6.92 Å². The average Bonchev–Trinajstić information content (AvgIpc) is 2.11. The van der Waals surface area contributed by atoms with Gasteiger partial charge in [0.25, 0.3) is 0 Å². The van der Waals surface area contributed by atoms with Crippen molar-refractivity contribution in [2.75, 3.05) is 19.3 Å². The van der Waals surface area contributed by atoms with E-state index in [1.165, 1.54) is 10.6 Å². The Balaban J connectivity index is 0.000001000. The second-order valence-electron chi connectivity index (χ2n) is 3.01. The van der Waals surface area contributed by atoms with Crippen molar-refractivity contribution in [2.45, 2.75) is 13.3 Å². The third-order valence-electron chi connectivity index (χ3n) is 1.86. The third-order valence-corrected chi connectivity index (χ3v) is 3.13. The van der Waals surface area contributed by atoms with E-state index in [-0.39, 0.29) is 12.4 Å². The Morgan fingerprint density at radius 2 is 2.00 bits per heavy atom. The lowest BCUT2D eigenvalue weighted by atomic mass is 10.2. The Morgan fingerprint density at radius 1 is 1.45 bits per heavy atom. The van der Waals surface area contributed by atoms with Crippen LogP contribution in [0.2, 0.25) is 0 Å². The summed E-state index contributed by atoms with van der Waals surface area (Å²) in [6, 6.07) is 0. The van der Waals surface area contributed by atoms with Gasteiger partial charge >= 0.3 is 0 Å². The van der Waals surface area contributed by atoms with E-state index in [1.54, 1.807) is 0 Å². The van der Waals surface area contributed by atoms with Crippen molar-refractivity contribution >= 4 is 22.4 Å². The topological polar surface area (TPSA) is 37.4 Å². The molecular formula is C6H14ClNO2S. The first-order valence-corrected chi connectivity index (χ1v) is 5.30. The molecule has 1 saturated heterocycles. The van der Waals surface area contributed by atoms with Gasteiger partial charge in [0.2, 0.25) is 10.0 Å². The van der Waals surface area contributed by atoms with E-state index in [0.717, 1.165) is 6.42 Å². The SMILES string of the molecule is C[C@@H]1CCN(S(C)(=O)=O)C1.Cl. The predicted molar refractivity (Wildman–Crippen MR) is 47.4 cm³/mol. The summed E-state index contributed by atoms with van der Waals surface area (Å²) < 4.78 is 23.3. The van der Waals surface area contributed by atoms with Crippen LogP contribution in [0.25, 0.3) is 0 Å². The lowest BCUT2D eigenvalue weighted by molar-refractivity contribution is 0.469. The van der Waals surface area contributed by atoms with Crippen LogP contribution in [0.4, 0.5) is 0 Å². The molecule has 1 atom stereocenters. The molecule has 1 aliphatic heterocycles. The molecule has 0 radical (unpaired) electrons. The van der Waals surface area contributed by atoms with Gasteiger partial charge in [0, 0.05) is 13.1 Å². The Kier molecular flexibility index (Phi) is 3.80. The lowest BCUT2D eigenvalue weighted by Gasteiger charge is -2.10. The minimum atomic E-state index is -2.90. The third kappa shape index (κ3) is 2.97. The molecule has 1 fully saturated rings. The van der Waals surface area contributed by atoms with Gasteiger partial charge in [-0.15, -0.1) is 12.4 Å². The van der Waals surface area contributed by atoms with E-state index < -0.39 is 10.0 Å². The van der Waals surface area contributed by atoms with Crippen LogP contribution in [0, 0.1) is 5.92 Å². The summed E-state index contributed by atoms with van der Waals surface area (Å²) in [6.45, 7) is 3.49. The molecule has 0 saturated carbocycles. The van der Waals surface area contributed by atoms with Crippen molar-refractivity contribution in [3.63, 3.8) is 0 Å². The van der Waals surface area contributed by atoms with E-state index in [4.69, 9.17) is 0 Å². The fraction of sp³-hybridized carbons (Fsp3) is 1.00.